The molecule has 2 aromatic carbocycles. The second-order valence-corrected chi connectivity index (χ2v) is 11.5. The molecule has 3 nitrogen and oxygen atoms in total. The first-order valence-corrected chi connectivity index (χ1v) is 13.6. The molecule has 3 atom stereocenters. The summed E-state index contributed by atoms with van der Waals surface area (Å²) < 4.78 is 29.3. The summed E-state index contributed by atoms with van der Waals surface area (Å²) in [5.74, 6) is 0.918. The van der Waals surface area contributed by atoms with Crippen LogP contribution in [-0.4, -0.2) is 25.3 Å². The molecule has 0 amide bonds. The number of hydrogen-bond donors (Lipinski definition) is 0. The summed E-state index contributed by atoms with van der Waals surface area (Å²) in [7, 11) is -3.47. The summed E-state index contributed by atoms with van der Waals surface area (Å²) in [6.07, 6.45) is 10.2. The van der Waals surface area contributed by atoms with Gasteiger partial charge in [0.2, 0.25) is 10.0 Å². The lowest BCUT2D eigenvalue weighted by molar-refractivity contribution is 0.147. The first-order chi connectivity index (χ1) is 15.0. The van der Waals surface area contributed by atoms with E-state index in [4.69, 9.17) is 0 Å². The first-order valence-electron chi connectivity index (χ1n) is 12.2. The summed E-state index contributed by atoms with van der Waals surface area (Å²) in [4.78, 5) is 0.448. The van der Waals surface area contributed by atoms with Crippen LogP contribution in [0.25, 0.3) is 0 Å². The number of hydrogen-bond acceptors (Lipinski definition) is 2. The van der Waals surface area contributed by atoms with E-state index >= 15 is 0 Å². The van der Waals surface area contributed by atoms with Crippen LogP contribution < -0.4 is 0 Å². The number of benzene rings is 2. The molecular formula is C27H37NO2S. The second-order valence-electron chi connectivity index (χ2n) is 9.58. The Kier molecular flexibility index (Phi) is 7.18. The topological polar surface area (TPSA) is 37.4 Å². The lowest BCUT2D eigenvalue weighted by Crippen LogP contribution is -2.50. The molecule has 0 saturated carbocycles. The van der Waals surface area contributed by atoms with E-state index in [0.717, 1.165) is 37.7 Å². The molecule has 1 aliphatic heterocycles. The third-order valence-corrected chi connectivity index (χ3v) is 9.36. The van der Waals surface area contributed by atoms with E-state index in [1.54, 1.807) is 12.1 Å². The van der Waals surface area contributed by atoms with Gasteiger partial charge in [0, 0.05) is 12.6 Å². The van der Waals surface area contributed by atoms with Crippen LogP contribution in [0, 0.1) is 12.8 Å². The molecule has 31 heavy (non-hydrogen) atoms. The van der Waals surface area contributed by atoms with Gasteiger partial charge in [-0.2, -0.15) is 4.31 Å². The fourth-order valence-corrected chi connectivity index (χ4v) is 7.36. The zero-order valence-electron chi connectivity index (χ0n) is 19.1. The van der Waals surface area contributed by atoms with Gasteiger partial charge in [-0.25, -0.2) is 8.42 Å². The maximum absolute atomic E-state index is 13.7. The van der Waals surface area contributed by atoms with E-state index in [1.807, 2.05) is 23.4 Å². The van der Waals surface area contributed by atoms with E-state index < -0.39 is 10.0 Å². The predicted molar refractivity (Wildman–Crippen MR) is 128 cm³/mol. The highest BCUT2D eigenvalue weighted by molar-refractivity contribution is 7.89. The van der Waals surface area contributed by atoms with Crippen molar-refractivity contribution in [1.82, 2.24) is 4.31 Å². The molecule has 1 saturated heterocycles. The van der Waals surface area contributed by atoms with Crippen molar-refractivity contribution in [3.63, 3.8) is 0 Å². The van der Waals surface area contributed by atoms with E-state index in [-0.39, 0.29) is 6.04 Å². The van der Waals surface area contributed by atoms with Gasteiger partial charge in [0.05, 0.1) is 4.90 Å². The Morgan fingerprint density at radius 3 is 2.48 bits per heavy atom. The largest absolute Gasteiger partial charge is 0.243 e. The lowest BCUT2D eigenvalue weighted by atomic mass is 9.70. The lowest BCUT2D eigenvalue weighted by Gasteiger charge is -2.46. The molecule has 1 heterocycles. The van der Waals surface area contributed by atoms with Crippen LogP contribution >= 0.6 is 0 Å². The molecular weight excluding hydrogens is 402 g/mol. The maximum Gasteiger partial charge on any atom is 0.243 e. The molecule has 0 aromatic heterocycles. The SMILES string of the molecule is CCCCCCC[C@H]1C[C@H]2c3ccccc3CC[C@@H]2CN1S(=O)(=O)c1ccc(C)cc1. The van der Waals surface area contributed by atoms with E-state index in [1.165, 1.54) is 36.8 Å². The van der Waals surface area contributed by atoms with Gasteiger partial charge in [0.15, 0.2) is 0 Å². The van der Waals surface area contributed by atoms with Gasteiger partial charge in [0.1, 0.15) is 0 Å². The second kappa shape index (κ2) is 9.87. The van der Waals surface area contributed by atoms with Crippen LogP contribution in [0.2, 0.25) is 0 Å². The average molecular weight is 440 g/mol. The van der Waals surface area contributed by atoms with Crippen LogP contribution in [0.4, 0.5) is 0 Å². The number of rotatable bonds is 8. The van der Waals surface area contributed by atoms with Crippen molar-refractivity contribution in [1.29, 1.82) is 0 Å². The Bertz CT molecular complexity index is 967. The monoisotopic (exact) mass is 439 g/mol. The van der Waals surface area contributed by atoms with Gasteiger partial charge >= 0.3 is 0 Å². The minimum Gasteiger partial charge on any atom is -0.207 e. The van der Waals surface area contributed by atoms with Crippen LogP contribution in [0.15, 0.2) is 53.4 Å². The Morgan fingerprint density at radius 2 is 1.71 bits per heavy atom. The fourth-order valence-electron chi connectivity index (χ4n) is 5.63. The highest BCUT2D eigenvalue weighted by atomic mass is 32.2. The average Bonchev–Trinajstić information content (AvgIpc) is 2.78. The normalized spacial score (nSPS) is 23.9. The predicted octanol–water partition coefficient (Wildman–Crippen LogP) is 6.46. The third kappa shape index (κ3) is 4.90. The van der Waals surface area contributed by atoms with Gasteiger partial charge in [-0.05, 0) is 67.7 Å². The highest BCUT2D eigenvalue weighted by Gasteiger charge is 2.43. The van der Waals surface area contributed by atoms with Crippen molar-refractivity contribution in [3.8, 4) is 0 Å². The Labute approximate surface area is 188 Å². The number of sulfonamides is 1. The minimum atomic E-state index is -3.47. The van der Waals surface area contributed by atoms with Crippen molar-refractivity contribution in [2.45, 2.75) is 88.5 Å². The number of unbranched alkanes of at least 4 members (excludes halogenated alkanes) is 4. The number of piperidine rings is 1. The van der Waals surface area contributed by atoms with E-state index in [9.17, 15) is 8.42 Å². The zero-order valence-corrected chi connectivity index (χ0v) is 19.9. The van der Waals surface area contributed by atoms with Crippen LogP contribution in [0.1, 0.15) is 80.9 Å². The smallest absolute Gasteiger partial charge is 0.207 e. The van der Waals surface area contributed by atoms with Crippen molar-refractivity contribution in [3.05, 3.63) is 65.2 Å². The molecule has 0 radical (unpaired) electrons. The van der Waals surface area contributed by atoms with Gasteiger partial charge in [-0.1, -0.05) is 81.0 Å². The molecule has 0 spiro atoms. The Balaban J connectivity index is 1.59. The molecule has 4 rings (SSSR count). The molecule has 0 unspecified atom stereocenters. The van der Waals surface area contributed by atoms with Gasteiger partial charge in [-0.15, -0.1) is 0 Å². The van der Waals surface area contributed by atoms with Gasteiger partial charge in [0.25, 0.3) is 0 Å². The quantitative estimate of drug-likeness (QED) is 0.442. The molecule has 1 fully saturated rings. The maximum atomic E-state index is 13.7. The van der Waals surface area contributed by atoms with Crippen LogP contribution in [0.3, 0.4) is 0 Å². The standard InChI is InChI=1S/C27H37NO2S/c1-3-4-5-6-7-11-24-19-27-23(16-15-22-10-8-9-12-26(22)27)20-28(24)31(29,30)25-17-13-21(2)14-18-25/h8-10,12-14,17-18,23-24,27H,3-7,11,15-16,19-20H2,1-2H3/t23-,24+,27-/m1/s1. The van der Waals surface area contributed by atoms with Gasteiger partial charge in [-0.3, -0.25) is 0 Å². The van der Waals surface area contributed by atoms with E-state index in [2.05, 4.69) is 31.2 Å². The van der Waals surface area contributed by atoms with Gasteiger partial charge < -0.3 is 0 Å². The Morgan fingerprint density at radius 1 is 0.968 bits per heavy atom. The molecule has 4 heteroatoms. The molecule has 2 aliphatic rings. The minimum absolute atomic E-state index is 0.0975. The fraction of sp³-hybridized carbons (Fsp3) is 0.556. The summed E-state index contributed by atoms with van der Waals surface area (Å²) in [6, 6.07) is 16.3. The summed E-state index contributed by atoms with van der Waals surface area (Å²) in [5, 5.41) is 0. The number of fused-ring (bicyclic) bond motifs is 3. The zero-order chi connectivity index (χ0) is 21.8. The van der Waals surface area contributed by atoms with E-state index in [0.29, 0.717) is 23.3 Å². The van der Waals surface area contributed by atoms with Crippen molar-refractivity contribution < 1.29 is 8.42 Å². The molecule has 2 aromatic rings. The molecule has 168 valence electrons. The number of nitrogens with zero attached hydrogens (tertiary/aromatic N) is 1. The third-order valence-electron chi connectivity index (χ3n) is 7.42. The number of aryl methyl sites for hydroxylation is 2. The summed E-state index contributed by atoms with van der Waals surface area (Å²) in [6.45, 7) is 4.90. The Hall–Kier alpha value is -1.65. The molecule has 0 bridgehead atoms. The van der Waals surface area contributed by atoms with Crippen molar-refractivity contribution in [2.75, 3.05) is 6.54 Å². The molecule has 1 aliphatic carbocycles. The highest BCUT2D eigenvalue weighted by Crippen LogP contribution is 2.45. The summed E-state index contributed by atoms with van der Waals surface area (Å²) in [5.41, 5.74) is 4.04. The van der Waals surface area contributed by atoms with Crippen molar-refractivity contribution in [2.24, 2.45) is 5.92 Å². The molecule has 0 N–H and O–H groups in total. The summed E-state index contributed by atoms with van der Waals surface area (Å²) >= 11 is 0. The first kappa shape index (κ1) is 22.5. The van der Waals surface area contributed by atoms with Crippen molar-refractivity contribution >= 4 is 10.0 Å². The van der Waals surface area contributed by atoms with Crippen LogP contribution in [0.5, 0.6) is 0 Å². The van der Waals surface area contributed by atoms with Crippen LogP contribution in [-0.2, 0) is 16.4 Å².